The fourth-order valence-corrected chi connectivity index (χ4v) is 2.61. The third-order valence-electron chi connectivity index (χ3n) is 3.92. The van der Waals surface area contributed by atoms with Crippen molar-refractivity contribution in [3.8, 4) is 0 Å². The predicted molar refractivity (Wildman–Crippen MR) is 103 cm³/mol. The van der Waals surface area contributed by atoms with Crippen LogP contribution in [0.15, 0.2) is 60.7 Å². The topological polar surface area (TPSA) is 72.8 Å². The van der Waals surface area contributed by atoms with Crippen LogP contribution in [0.5, 0.6) is 0 Å². The first kappa shape index (κ1) is 20.4. The Morgan fingerprint density at radius 3 is 2.19 bits per heavy atom. The Bertz CT molecular complexity index is 778. The molecule has 0 saturated heterocycles. The van der Waals surface area contributed by atoms with Crippen LogP contribution in [-0.4, -0.2) is 30.3 Å². The number of hydrogen-bond donors (Lipinski definition) is 1. The molecule has 1 N–H and O–H groups in total. The van der Waals surface area contributed by atoms with Gasteiger partial charge in [-0.15, -0.1) is 0 Å². The predicted octanol–water partition coefficient (Wildman–Crippen LogP) is 3.47. The summed E-state index contributed by atoms with van der Waals surface area (Å²) in [6, 6.07) is 16.5. The molecule has 0 saturated carbocycles. The Hall–Kier alpha value is -2.92. The minimum atomic E-state index is -0.665. The summed E-state index contributed by atoms with van der Waals surface area (Å²) in [4.78, 5) is 24.0. The summed E-state index contributed by atoms with van der Waals surface area (Å²) in [6.45, 7) is 3.81. The van der Waals surface area contributed by atoms with Gasteiger partial charge in [-0.2, -0.15) is 0 Å². The van der Waals surface area contributed by atoms with Gasteiger partial charge in [0.15, 0.2) is 0 Å². The SMILES string of the molecule is CCOC(=O)C=C(C(=O)OCC)c1ccc(C(O)Cc2ccccc2)cc1. The van der Waals surface area contributed by atoms with Gasteiger partial charge in [0, 0.05) is 12.5 Å². The van der Waals surface area contributed by atoms with Crippen LogP contribution < -0.4 is 0 Å². The third kappa shape index (κ3) is 6.08. The van der Waals surface area contributed by atoms with E-state index in [2.05, 4.69) is 0 Å². The Kier molecular flexibility index (Phi) is 7.77. The number of ether oxygens (including phenoxy) is 2. The molecule has 0 aliphatic carbocycles. The largest absolute Gasteiger partial charge is 0.463 e. The van der Waals surface area contributed by atoms with Crippen molar-refractivity contribution in [2.45, 2.75) is 26.4 Å². The van der Waals surface area contributed by atoms with Crippen LogP contribution in [0.3, 0.4) is 0 Å². The lowest BCUT2D eigenvalue weighted by molar-refractivity contribution is -0.139. The van der Waals surface area contributed by atoms with E-state index in [-0.39, 0.29) is 18.8 Å². The molecule has 5 nitrogen and oxygen atoms in total. The number of carbonyl (C=O) groups excluding carboxylic acids is 2. The van der Waals surface area contributed by atoms with E-state index < -0.39 is 18.0 Å². The second-order valence-electron chi connectivity index (χ2n) is 5.86. The van der Waals surface area contributed by atoms with Crippen molar-refractivity contribution in [2.24, 2.45) is 0 Å². The number of aliphatic hydroxyl groups is 1. The van der Waals surface area contributed by atoms with Gasteiger partial charge in [-0.1, -0.05) is 54.6 Å². The number of carbonyl (C=O) groups is 2. The second-order valence-corrected chi connectivity index (χ2v) is 5.86. The highest BCUT2D eigenvalue weighted by Gasteiger charge is 2.17. The third-order valence-corrected chi connectivity index (χ3v) is 3.92. The van der Waals surface area contributed by atoms with Crippen molar-refractivity contribution < 1.29 is 24.2 Å². The minimum Gasteiger partial charge on any atom is -0.463 e. The van der Waals surface area contributed by atoms with Crippen molar-refractivity contribution >= 4 is 17.5 Å². The zero-order chi connectivity index (χ0) is 19.6. The van der Waals surface area contributed by atoms with Crippen LogP contribution >= 0.6 is 0 Å². The highest BCUT2D eigenvalue weighted by atomic mass is 16.5. The molecule has 2 rings (SSSR count). The van der Waals surface area contributed by atoms with Gasteiger partial charge in [-0.3, -0.25) is 0 Å². The first-order valence-electron chi connectivity index (χ1n) is 8.93. The Balaban J connectivity index is 2.20. The summed E-state index contributed by atoms with van der Waals surface area (Å²) in [5.41, 5.74) is 2.40. The van der Waals surface area contributed by atoms with E-state index in [0.29, 0.717) is 12.0 Å². The van der Waals surface area contributed by atoms with E-state index >= 15 is 0 Å². The molecule has 142 valence electrons. The van der Waals surface area contributed by atoms with Crippen molar-refractivity contribution in [3.63, 3.8) is 0 Å². The lowest BCUT2D eigenvalue weighted by Gasteiger charge is -2.13. The number of benzene rings is 2. The molecule has 0 aliphatic heterocycles. The molecular weight excluding hydrogens is 344 g/mol. The van der Waals surface area contributed by atoms with Crippen molar-refractivity contribution in [2.75, 3.05) is 13.2 Å². The first-order chi connectivity index (χ1) is 13.0. The summed E-state index contributed by atoms with van der Waals surface area (Å²) in [6.07, 6.45) is 0.960. The average molecular weight is 368 g/mol. The molecule has 1 atom stereocenters. The lowest BCUT2D eigenvalue weighted by Crippen LogP contribution is -2.10. The van der Waals surface area contributed by atoms with E-state index in [0.717, 1.165) is 17.2 Å². The van der Waals surface area contributed by atoms with Gasteiger partial charge < -0.3 is 14.6 Å². The molecule has 0 aromatic heterocycles. The highest BCUT2D eigenvalue weighted by Crippen LogP contribution is 2.22. The molecule has 0 bridgehead atoms. The molecule has 0 fully saturated rings. The molecule has 1 unspecified atom stereocenters. The van der Waals surface area contributed by atoms with Crippen LogP contribution in [0.2, 0.25) is 0 Å². The zero-order valence-corrected chi connectivity index (χ0v) is 15.6. The molecule has 5 heteroatoms. The van der Waals surface area contributed by atoms with Crippen molar-refractivity contribution in [1.82, 2.24) is 0 Å². The van der Waals surface area contributed by atoms with E-state index in [1.165, 1.54) is 0 Å². The minimum absolute atomic E-state index is 0.124. The molecule has 0 heterocycles. The summed E-state index contributed by atoms with van der Waals surface area (Å²) in [7, 11) is 0. The van der Waals surface area contributed by atoms with Gasteiger partial charge in [0.05, 0.1) is 24.9 Å². The second kappa shape index (κ2) is 10.3. The van der Waals surface area contributed by atoms with Gasteiger partial charge in [0.1, 0.15) is 0 Å². The van der Waals surface area contributed by atoms with Gasteiger partial charge in [0.2, 0.25) is 0 Å². The van der Waals surface area contributed by atoms with Crippen LogP contribution in [0.4, 0.5) is 0 Å². The van der Waals surface area contributed by atoms with Crippen LogP contribution in [0, 0.1) is 0 Å². The standard InChI is InChI=1S/C22H24O5/c1-3-26-21(24)15-19(22(25)27-4-2)17-10-12-18(13-11-17)20(23)14-16-8-6-5-7-9-16/h5-13,15,20,23H,3-4,14H2,1-2H3. The van der Waals surface area contributed by atoms with Crippen molar-refractivity contribution in [1.29, 1.82) is 0 Å². The lowest BCUT2D eigenvalue weighted by atomic mass is 9.98. The van der Waals surface area contributed by atoms with E-state index in [1.807, 2.05) is 30.3 Å². The summed E-state index contributed by atoms with van der Waals surface area (Å²) >= 11 is 0. The maximum absolute atomic E-state index is 12.2. The quantitative estimate of drug-likeness (QED) is 0.570. The molecule has 0 amide bonds. The number of rotatable bonds is 8. The van der Waals surface area contributed by atoms with E-state index in [1.54, 1.807) is 38.1 Å². The normalized spacial score (nSPS) is 12.3. The molecule has 2 aromatic carbocycles. The summed E-state index contributed by atoms with van der Waals surface area (Å²) in [5, 5.41) is 10.4. The number of hydrogen-bond acceptors (Lipinski definition) is 5. The van der Waals surface area contributed by atoms with Gasteiger partial charge >= 0.3 is 11.9 Å². The molecule has 27 heavy (non-hydrogen) atoms. The maximum atomic E-state index is 12.2. The molecule has 2 aromatic rings. The summed E-state index contributed by atoms with van der Waals surface area (Å²) in [5.74, 6) is -1.20. The fraction of sp³-hybridized carbons (Fsp3) is 0.273. The summed E-state index contributed by atoms with van der Waals surface area (Å²) < 4.78 is 9.92. The Morgan fingerprint density at radius 2 is 1.59 bits per heavy atom. The fourth-order valence-electron chi connectivity index (χ4n) is 2.61. The maximum Gasteiger partial charge on any atom is 0.338 e. The van der Waals surface area contributed by atoms with Crippen molar-refractivity contribution in [3.05, 3.63) is 77.4 Å². The first-order valence-corrected chi connectivity index (χ1v) is 8.93. The van der Waals surface area contributed by atoms with Gasteiger partial charge in [-0.25, -0.2) is 9.59 Å². The smallest absolute Gasteiger partial charge is 0.338 e. The zero-order valence-electron chi connectivity index (χ0n) is 15.6. The van der Waals surface area contributed by atoms with Gasteiger partial charge in [-0.05, 0) is 30.5 Å². The van der Waals surface area contributed by atoms with Crippen LogP contribution in [-0.2, 0) is 25.5 Å². The number of aliphatic hydroxyl groups excluding tert-OH is 1. The number of esters is 2. The van der Waals surface area contributed by atoms with E-state index in [9.17, 15) is 14.7 Å². The molecular formula is C22H24O5. The molecule has 0 aliphatic rings. The monoisotopic (exact) mass is 368 g/mol. The average Bonchev–Trinajstić information content (AvgIpc) is 2.67. The highest BCUT2D eigenvalue weighted by molar-refractivity contribution is 6.20. The van der Waals surface area contributed by atoms with Crippen LogP contribution in [0.25, 0.3) is 5.57 Å². The molecule has 0 radical (unpaired) electrons. The Labute approximate surface area is 159 Å². The van der Waals surface area contributed by atoms with Gasteiger partial charge in [0.25, 0.3) is 0 Å². The van der Waals surface area contributed by atoms with E-state index in [4.69, 9.17) is 9.47 Å². The Morgan fingerprint density at radius 1 is 0.963 bits per heavy atom. The van der Waals surface area contributed by atoms with Crippen LogP contribution in [0.1, 0.15) is 36.6 Å². The molecule has 0 spiro atoms.